The predicted octanol–water partition coefficient (Wildman–Crippen LogP) is 7.40. The van der Waals surface area contributed by atoms with E-state index >= 15 is 0 Å². The maximum absolute atomic E-state index is 13.0. The monoisotopic (exact) mass is 579 g/mol. The van der Waals surface area contributed by atoms with Gasteiger partial charge in [-0.05, 0) is 97.6 Å². The number of aliphatic carboxylic acids is 1. The van der Waals surface area contributed by atoms with Crippen molar-refractivity contribution in [1.29, 1.82) is 0 Å². The standard InChI is InChI=1S/C29H29ClF3NO4S/c30-20-5-6-21-22(10-20)39-24(23(21)38-14-15-1-3-19(4-2-15)29(31,32)33)26(35)34-25(27(36)37)28-11-16-7-17(12-28)9-18(8-16)13-28/h1-6,10,16-18,25-26,34-35H,7-9,11-14H2,(H,36,37)/t16?,17?,18?,25-,26?,28?/m1/s1. The van der Waals surface area contributed by atoms with E-state index in [2.05, 4.69) is 5.32 Å². The van der Waals surface area contributed by atoms with Crippen LogP contribution in [0.4, 0.5) is 13.2 Å². The molecule has 1 aromatic heterocycles. The quantitative estimate of drug-likeness (QED) is 0.242. The van der Waals surface area contributed by atoms with Gasteiger partial charge in [-0.2, -0.15) is 13.2 Å². The van der Waals surface area contributed by atoms with Crippen molar-refractivity contribution in [3.05, 3.63) is 63.5 Å². The van der Waals surface area contributed by atoms with Crippen LogP contribution in [-0.2, 0) is 17.6 Å². The highest BCUT2D eigenvalue weighted by Gasteiger charge is 2.56. The Hall–Kier alpha value is -2.33. The zero-order valence-corrected chi connectivity index (χ0v) is 22.6. The van der Waals surface area contributed by atoms with Gasteiger partial charge < -0.3 is 14.9 Å². The zero-order chi connectivity index (χ0) is 27.5. The molecule has 0 amide bonds. The number of carboxylic acid groups (broad SMARTS) is 1. The number of nitrogens with one attached hydrogen (secondary N) is 1. The fourth-order valence-electron chi connectivity index (χ4n) is 7.61. The average Bonchev–Trinajstić information content (AvgIpc) is 3.22. The van der Waals surface area contributed by atoms with Crippen LogP contribution in [0.25, 0.3) is 10.1 Å². The van der Waals surface area contributed by atoms with Gasteiger partial charge in [-0.25, -0.2) is 0 Å². The van der Waals surface area contributed by atoms with Crippen molar-refractivity contribution in [3.8, 4) is 5.75 Å². The van der Waals surface area contributed by atoms with Gasteiger partial charge in [0.05, 0.1) is 10.4 Å². The van der Waals surface area contributed by atoms with Crippen LogP contribution in [0.5, 0.6) is 5.75 Å². The number of carboxylic acids is 1. The van der Waals surface area contributed by atoms with Crippen LogP contribution < -0.4 is 10.1 Å². The first kappa shape index (κ1) is 26.9. The smallest absolute Gasteiger partial charge is 0.416 e. The summed E-state index contributed by atoms with van der Waals surface area (Å²) in [5.41, 5.74) is -0.601. The van der Waals surface area contributed by atoms with Crippen LogP contribution in [0, 0.1) is 23.2 Å². The number of alkyl halides is 3. The van der Waals surface area contributed by atoms with Gasteiger partial charge >= 0.3 is 12.1 Å². The van der Waals surface area contributed by atoms with Gasteiger partial charge in [-0.15, -0.1) is 11.3 Å². The molecule has 10 heteroatoms. The maximum Gasteiger partial charge on any atom is 0.416 e. The third-order valence-corrected chi connectivity index (χ3v) is 10.2. The van der Waals surface area contributed by atoms with Crippen molar-refractivity contribution in [2.24, 2.45) is 23.2 Å². The second kappa shape index (κ2) is 9.94. The van der Waals surface area contributed by atoms with Crippen molar-refractivity contribution in [2.45, 2.75) is 63.6 Å². The van der Waals surface area contributed by atoms with E-state index in [1.54, 1.807) is 18.2 Å². The van der Waals surface area contributed by atoms with Crippen molar-refractivity contribution in [2.75, 3.05) is 0 Å². The number of aliphatic hydroxyl groups is 1. The third kappa shape index (κ3) is 5.14. The number of fused-ring (bicyclic) bond motifs is 1. The summed E-state index contributed by atoms with van der Waals surface area (Å²) >= 11 is 7.46. The molecule has 5 nitrogen and oxygen atoms in total. The largest absolute Gasteiger partial charge is 0.487 e. The zero-order valence-electron chi connectivity index (χ0n) is 21.0. The number of hydrogen-bond acceptors (Lipinski definition) is 5. The Kier molecular flexibility index (Phi) is 6.85. The number of aliphatic hydroxyl groups excluding tert-OH is 1. The lowest BCUT2D eigenvalue weighted by molar-refractivity contribution is -0.154. The molecule has 0 saturated heterocycles. The Morgan fingerprint density at radius 2 is 1.69 bits per heavy atom. The molecule has 1 unspecified atom stereocenters. The molecule has 0 aliphatic heterocycles. The molecule has 1 heterocycles. The maximum atomic E-state index is 13.0. The first-order valence-corrected chi connectivity index (χ1v) is 14.4. The second-order valence-corrected chi connectivity index (χ2v) is 13.1. The summed E-state index contributed by atoms with van der Waals surface area (Å²) in [6, 6.07) is 9.02. The van der Waals surface area contributed by atoms with Crippen LogP contribution >= 0.6 is 22.9 Å². The number of carbonyl (C=O) groups is 1. The summed E-state index contributed by atoms with van der Waals surface area (Å²) < 4.78 is 45.7. The minimum absolute atomic E-state index is 0.0242. The summed E-state index contributed by atoms with van der Waals surface area (Å²) in [5, 5.41) is 26.0. The van der Waals surface area contributed by atoms with E-state index in [1.807, 2.05) is 0 Å². The molecule has 4 aliphatic rings. The molecule has 4 saturated carbocycles. The van der Waals surface area contributed by atoms with Crippen molar-refractivity contribution in [1.82, 2.24) is 5.32 Å². The first-order valence-electron chi connectivity index (χ1n) is 13.2. The molecule has 2 atom stereocenters. The molecule has 3 aromatic rings. The SMILES string of the molecule is O=C(O)[C@@H](NC(O)c1sc2cc(Cl)ccc2c1OCc1ccc(C(F)(F)F)cc1)C12CC3CC(CC(C3)C1)C2. The highest BCUT2D eigenvalue weighted by atomic mass is 35.5. The lowest BCUT2D eigenvalue weighted by atomic mass is 9.47. The highest BCUT2D eigenvalue weighted by Crippen LogP contribution is 2.61. The number of rotatable bonds is 8. The topological polar surface area (TPSA) is 78.8 Å². The van der Waals surface area contributed by atoms with E-state index in [1.165, 1.54) is 42.7 Å². The molecular formula is C29H29ClF3NO4S. The van der Waals surface area contributed by atoms with E-state index in [0.29, 0.717) is 44.4 Å². The number of ether oxygens (including phenoxy) is 1. The highest BCUT2D eigenvalue weighted by molar-refractivity contribution is 7.19. The normalized spacial score (nSPS) is 27.6. The number of thiophene rings is 1. The van der Waals surface area contributed by atoms with Crippen LogP contribution in [0.2, 0.25) is 5.02 Å². The first-order chi connectivity index (χ1) is 18.5. The number of halogens is 4. The fraction of sp³-hybridized carbons (Fsp3) is 0.483. The molecule has 4 aliphatic carbocycles. The van der Waals surface area contributed by atoms with Crippen molar-refractivity contribution < 1.29 is 32.9 Å². The fourth-order valence-corrected chi connectivity index (χ4v) is 8.99. The van der Waals surface area contributed by atoms with Gasteiger partial charge in [-0.1, -0.05) is 23.7 Å². The number of hydrogen-bond donors (Lipinski definition) is 3. The molecule has 4 bridgehead atoms. The van der Waals surface area contributed by atoms with E-state index in [-0.39, 0.29) is 12.0 Å². The minimum Gasteiger partial charge on any atom is -0.487 e. The molecule has 4 fully saturated rings. The van der Waals surface area contributed by atoms with E-state index in [4.69, 9.17) is 16.3 Å². The van der Waals surface area contributed by atoms with Crippen LogP contribution in [-0.4, -0.2) is 22.2 Å². The molecule has 0 spiro atoms. The average molecular weight is 580 g/mol. The van der Waals surface area contributed by atoms with Gasteiger partial charge in [0.25, 0.3) is 0 Å². The summed E-state index contributed by atoms with van der Waals surface area (Å²) in [7, 11) is 0. The molecule has 208 valence electrons. The Morgan fingerprint density at radius 3 is 2.26 bits per heavy atom. The van der Waals surface area contributed by atoms with Gasteiger partial charge in [0.15, 0.2) is 0 Å². The lowest BCUT2D eigenvalue weighted by Crippen LogP contribution is -2.59. The number of benzene rings is 2. The van der Waals surface area contributed by atoms with Gasteiger partial charge in [0.2, 0.25) is 0 Å². The minimum atomic E-state index is -4.43. The summed E-state index contributed by atoms with van der Waals surface area (Å²) in [6.45, 7) is -0.0242. The molecule has 39 heavy (non-hydrogen) atoms. The Morgan fingerprint density at radius 1 is 1.08 bits per heavy atom. The Balaban J connectivity index is 1.28. The summed E-state index contributed by atoms with van der Waals surface area (Å²) in [5.74, 6) is 1.04. The third-order valence-electron chi connectivity index (χ3n) is 8.81. The molecule has 0 radical (unpaired) electrons. The van der Waals surface area contributed by atoms with Crippen molar-refractivity contribution >= 4 is 39.0 Å². The Bertz CT molecular complexity index is 1350. The van der Waals surface area contributed by atoms with E-state index < -0.39 is 30.0 Å². The molecule has 2 aromatic carbocycles. The second-order valence-electron chi connectivity index (χ2n) is 11.5. The van der Waals surface area contributed by atoms with Crippen LogP contribution in [0.3, 0.4) is 0 Å². The molecular weight excluding hydrogens is 551 g/mol. The molecule has 7 rings (SSSR count). The Labute approximate surface area is 232 Å². The van der Waals surface area contributed by atoms with E-state index in [9.17, 15) is 28.2 Å². The van der Waals surface area contributed by atoms with Gasteiger partial charge in [0.1, 0.15) is 24.6 Å². The predicted molar refractivity (Wildman–Crippen MR) is 143 cm³/mol. The molecule has 3 N–H and O–H groups in total. The van der Waals surface area contributed by atoms with Crippen LogP contribution in [0.1, 0.15) is 60.8 Å². The van der Waals surface area contributed by atoms with Gasteiger partial charge in [0, 0.05) is 15.1 Å². The van der Waals surface area contributed by atoms with Crippen molar-refractivity contribution in [3.63, 3.8) is 0 Å². The summed E-state index contributed by atoms with van der Waals surface area (Å²) in [4.78, 5) is 13.0. The van der Waals surface area contributed by atoms with Gasteiger partial charge in [-0.3, -0.25) is 10.1 Å². The lowest BCUT2D eigenvalue weighted by Gasteiger charge is -2.58. The summed E-state index contributed by atoms with van der Waals surface area (Å²) in [6.07, 6.45) is 0.354. The van der Waals surface area contributed by atoms with Crippen LogP contribution in [0.15, 0.2) is 42.5 Å². The van der Waals surface area contributed by atoms with E-state index in [0.717, 1.165) is 36.1 Å².